The Morgan fingerprint density at radius 3 is 2.65 bits per heavy atom. The van der Waals surface area contributed by atoms with Gasteiger partial charge in [-0.1, -0.05) is 35.3 Å². The number of rotatable bonds is 6. The van der Waals surface area contributed by atoms with E-state index >= 15 is 0 Å². The van der Waals surface area contributed by atoms with Gasteiger partial charge in [-0.25, -0.2) is 4.39 Å². The zero-order valence-corrected chi connectivity index (χ0v) is 14.8. The molecular weight excluding hydrogens is 380 g/mol. The average Bonchev–Trinajstić information content (AvgIpc) is 3.03. The third kappa shape index (κ3) is 4.45. The summed E-state index contributed by atoms with van der Waals surface area (Å²) in [5.41, 5.74) is 0.936. The number of nitrogens with one attached hydrogen (secondary N) is 1. The first-order chi connectivity index (χ1) is 12.5. The number of nitrogens with zero attached hydrogens (tertiary/aromatic N) is 2. The van der Waals surface area contributed by atoms with Gasteiger partial charge in [-0.15, -0.1) is 0 Å². The first kappa shape index (κ1) is 18.1. The van der Waals surface area contributed by atoms with Crippen molar-refractivity contribution in [2.75, 3.05) is 5.32 Å². The highest BCUT2D eigenvalue weighted by Gasteiger charge is 2.14. The molecule has 5 nitrogen and oxygen atoms in total. The molecule has 0 aliphatic rings. The SMILES string of the molecule is N#Cc1nc(COc2ccc(Cl)cc2Cl)oc1NCc1ccc(F)cc1. The molecule has 0 aliphatic heterocycles. The number of halogens is 3. The lowest BCUT2D eigenvalue weighted by Crippen LogP contribution is -1.99. The van der Waals surface area contributed by atoms with Gasteiger partial charge in [0, 0.05) is 11.6 Å². The lowest BCUT2D eigenvalue weighted by Gasteiger charge is -2.06. The summed E-state index contributed by atoms with van der Waals surface area (Å²) in [7, 11) is 0. The van der Waals surface area contributed by atoms with E-state index in [2.05, 4.69) is 10.3 Å². The summed E-state index contributed by atoms with van der Waals surface area (Å²) in [6, 6.07) is 12.8. The molecule has 0 radical (unpaired) electrons. The smallest absolute Gasteiger partial charge is 0.236 e. The Balaban J connectivity index is 1.66. The van der Waals surface area contributed by atoms with E-state index in [4.69, 9.17) is 32.4 Å². The molecule has 26 heavy (non-hydrogen) atoms. The van der Waals surface area contributed by atoms with Crippen LogP contribution in [0.5, 0.6) is 5.75 Å². The summed E-state index contributed by atoms with van der Waals surface area (Å²) < 4.78 is 24.0. The highest BCUT2D eigenvalue weighted by molar-refractivity contribution is 6.35. The third-order valence-corrected chi connectivity index (χ3v) is 3.92. The second kappa shape index (κ2) is 8.09. The van der Waals surface area contributed by atoms with Crippen LogP contribution in [0.3, 0.4) is 0 Å². The van der Waals surface area contributed by atoms with Crippen LogP contribution in [0.4, 0.5) is 10.3 Å². The van der Waals surface area contributed by atoms with E-state index in [1.54, 1.807) is 30.3 Å². The average molecular weight is 392 g/mol. The van der Waals surface area contributed by atoms with Crippen molar-refractivity contribution in [3.8, 4) is 11.8 Å². The summed E-state index contributed by atoms with van der Waals surface area (Å²) >= 11 is 11.9. The minimum Gasteiger partial charge on any atom is -0.482 e. The number of oxazole rings is 1. The van der Waals surface area contributed by atoms with Crippen LogP contribution in [-0.2, 0) is 13.2 Å². The molecule has 0 saturated heterocycles. The molecule has 132 valence electrons. The second-order valence-electron chi connectivity index (χ2n) is 5.24. The summed E-state index contributed by atoms with van der Waals surface area (Å²) in [5.74, 6) is 0.548. The lowest BCUT2D eigenvalue weighted by molar-refractivity contribution is 0.265. The second-order valence-corrected chi connectivity index (χ2v) is 6.08. The fourth-order valence-electron chi connectivity index (χ4n) is 2.14. The Labute approximate surface area is 158 Å². The Bertz CT molecular complexity index is 952. The molecule has 0 unspecified atom stereocenters. The van der Waals surface area contributed by atoms with Crippen molar-refractivity contribution in [3.63, 3.8) is 0 Å². The Hall–Kier alpha value is -2.75. The zero-order valence-electron chi connectivity index (χ0n) is 13.3. The summed E-state index contributed by atoms with van der Waals surface area (Å²) in [6.07, 6.45) is 0. The fraction of sp³-hybridized carbons (Fsp3) is 0.111. The van der Waals surface area contributed by atoms with Crippen LogP contribution < -0.4 is 10.1 Å². The van der Waals surface area contributed by atoms with Crippen LogP contribution in [0, 0.1) is 17.1 Å². The summed E-state index contributed by atoms with van der Waals surface area (Å²) in [4.78, 5) is 4.07. The summed E-state index contributed by atoms with van der Waals surface area (Å²) in [6.45, 7) is 0.349. The monoisotopic (exact) mass is 391 g/mol. The van der Waals surface area contributed by atoms with Gasteiger partial charge in [0.15, 0.2) is 6.61 Å². The predicted octanol–water partition coefficient (Wildman–Crippen LogP) is 5.18. The Morgan fingerprint density at radius 2 is 1.96 bits per heavy atom. The first-order valence-electron chi connectivity index (χ1n) is 7.51. The van der Waals surface area contributed by atoms with Gasteiger partial charge in [-0.2, -0.15) is 10.2 Å². The maximum Gasteiger partial charge on any atom is 0.236 e. The molecule has 0 fully saturated rings. The van der Waals surface area contributed by atoms with Crippen LogP contribution in [-0.4, -0.2) is 4.98 Å². The molecule has 0 atom stereocenters. The van der Waals surface area contributed by atoms with Crippen molar-refractivity contribution in [1.29, 1.82) is 5.26 Å². The van der Waals surface area contributed by atoms with Crippen LogP contribution in [0.15, 0.2) is 46.9 Å². The van der Waals surface area contributed by atoms with Gasteiger partial charge in [-0.3, -0.25) is 0 Å². The maximum atomic E-state index is 12.9. The molecule has 1 N–H and O–H groups in total. The molecule has 0 aliphatic carbocycles. The van der Waals surface area contributed by atoms with Gasteiger partial charge in [0.05, 0.1) is 5.02 Å². The largest absolute Gasteiger partial charge is 0.482 e. The van der Waals surface area contributed by atoms with Crippen molar-refractivity contribution >= 4 is 29.1 Å². The topological polar surface area (TPSA) is 71.1 Å². The molecule has 3 aromatic rings. The number of benzene rings is 2. The fourth-order valence-corrected chi connectivity index (χ4v) is 2.60. The molecule has 2 aromatic carbocycles. The van der Waals surface area contributed by atoms with Gasteiger partial charge in [0.25, 0.3) is 0 Å². The van der Waals surface area contributed by atoms with E-state index < -0.39 is 0 Å². The van der Waals surface area contributed by atoms with Crippen LogP contribution in [0.25, 0.3) is 0 Å². The van der Waals surface area contributed by atoms with Crippen LogP contribution >= 0.6 is 23.2 Å². The highest BCUT2D eigenvalue weighted by atomic mass is 35.5. The molecule has 0 amide bonds. The lowest BCUT2D eigenvalue weighted by atomic mass is 10.2. The molecule has 1 heterocycles. The molecule has 0 bridgehead atoms. The van der Waals surface area contributed by atoms with Crippen molar-refractivity contribution < 1.29 is 13.5 Å². The van der Waals surface area contributed by atoms with E-state index in [1.807, 2.05) is 6.07 Å². The van der Waals surface area contributed by atoms with Crippen molar-refractivity contribution in [2.24, 2.45) is 0 Å². The first-order valence-corrected chi connectivity index (χ1v) is 8.26. The van der Waals surface area contributed by atoms with Crippen LogP contribution in [0.1, 0.15) is 17.1 Å². The van der Waals surface area contributed by atoms with Gasteiger partial charge < -0.3 is 14.5 Å². The van der Waals surface area contributed by atoms with E-state index in [0.717, 1.165) is 5.56 Å². The van der Waals surface area contributed by atoms with E-state index in [0.29, 0.717) is 22.3 Å². The standard InChI is InChI=1S/C18H12Cl2FN3O2/c19-12-3-6-16(14(20)7-12)25-10-17-24-15(8-22)18(26-17)23-9-11-1-4-13(21)5-2-11/h1-7,23H,9-10H2. The number of hydrogen-bond donors (Lipinski definition) is 1. The number of nitriles is 1. The maximum absolute atomic E-state index is 12.9. The molecule has 3 rings (SSSR count). The van der Waals surface area contributed by atoms with Crippen molar-refractivity contribution in [1.82, 2.24) is 4.98 Å². The van der Waals surface area contributed by atoms with E-state index in [1.165, 1.54) is 12.1 Å². The number of aromatic nitrogens is 1. The minimum atomic E-state index is -0.313. The molecular formula is C18H12Cl2FN3O2. The van der Waals surface area contributed by atoms with Crippen LogP contribution in [0.2, 0.25) is 10.0 Å². The zero-order chi connectivity index (χ0) is 18.5. The number of ether oxygens (including phenoxy) is 1. The van der Waals surface area contributed by atoms with E-state index in [9.17, 15) is 9.65 Å². The van der Waals surface area contributed by atoms with Gasteiger partial charge >= 0.3 is 0 Å². The molecule has 8 heteroatoms. The number of anilines is 1. The molecule has 0 saturated carbocycles. The third-order valence-electron chi connectivity index (χ3n) is 3.39. The minimum absolute atomic E-state index is 0.00569. The Kier molecular flexibility index (Phi) is 5.61. The van der Waals surface area contributed by atoms with E-state index in [-0.39, 0.29) is 29.9 Å². The van der Waals surface area contributed by atoms with Gasteiger partial charge in [0.2, 0.25) is 17.5 Å². The Morgan fingerprint density at radius 1 is 1.19 bits per heavy atom. The molecule has 0 spiro atoms. The quantitative estimate of drug-likeness (QED) is 0.626. The predicted molar refractivity (Wildman–Crippen MR) is 95.7 cm³/mol. The number of hydrogen-bond acceptors (Lipinski definition) is 5. The van der Waals surface area contributed by atoms with Gasteiger partial charge in [-0.05, 0) is 35.9 Å². The normalized spacial score (nSPS) is 10.4. The van der Waals surface area contributed by atoms with Gasteiger partial charge in [0.1, 0.15) is 17.6 Å². The highest BCUT2D eigenvalue weighted by Crippen LogP contribution is 2.28. The van der Waals surface area contributed by atoms with Crippen molar-refractivity contribution in [2.45, 2.75) is 13.2 Å². The summed E-state index contributed by atoms with van der Waals surface area (Å²) in [5, 5.41) is 13.0. The molecule has 1 aromatic heterocycles. The van der Waals surface area contributed by atoms with Crippen molar-refractivity contribution in [3.05, 3.63) is 75.5 Å².